The van der Waals surface area contributed by atoms with E-state index in [2.05, 4.69) is 17.9 Å². The Bertz CT molecular complexity index is 489. The predicted molar refractivity (Wildman–Crippen MR) is 80.8 cm³/mol. The molecule has 0 spiro atoms. The van der Waals surface area contributed by atoms with Crippen molar-refractivity contribution in [3.63, 3.8) is 0 Å². The maximum absolute atomic E-state index is 9.89. The van der Waals surface area contributed by atoms with Gasteiger partial charge in [0.05, 0.1) is 6.10 Å². The first-order chi connectivity index (χ1) is 9.69. The second-order valence-electron chi connectivity index (χ2n) is 6.27. The standard InChI is InChI=1S/C16H25N3O/c1-11-10-19(7-6-15(11)20)16-13(9-17)8-12-4-2-3-5-14(12)18-16/h8,11,15,20H,2-7,9-10,17H2,1H3. The maximum atomic E-state index is 9.89. The Labute approximate surface area is 121 Å². The number of fused-ring (bicyclic) bond motifs is 1. The van der Waals surface area contributed by atoms with Gasteiger partial charge in [0.15, 0.2) is 0 Å². The molecule has 4 heteroatoms. The Kier molecular flexibility index (Phi) is 3.94. The van der Waals surface area contributed by atoms with Gasteiger partial charge in [0, 0.05) is 30.9 Å². The number of aliphatic hydroxyl groups excluding tert-OH is 1. The number of pyridine rings is 1. The number of hydrogen-bond acceptors (Lipinski definition) is 4. The average Bonchev–Trinajstić information content (AvgIpc) is 2.48. The van der Waals surface area contributed by atoms with E-state index in [9.17, 15) is 5.11 Å². The summed E-state index contributed by atoms with van der Waals surface area (Å²) in [6, 6.07) is 2.27. The Hall–Kier alpha value is -1.13. The summed E-state index contributed by atoms with van der Waals surface area (Å²) in [4.78, 5) is 7.25. The predicted octanol–water partition coefficient (Wildman–Crippen LogP) is 1.63. The summed E-state index contributed by atoms with van der Waals surface area (Å²) in [6.07, 6.45) is 5.40. The highest BCUT2D eigenvalue weighted by molar-refractivity contribution is 5.51. The number of aromatic nitrogens is 1. The Morgan fingerprint density at radius 2 is 2.20 bits per heavy atom. The zero-order chi connectivity index (χ0) is 14.1. The number of nitrogens with zero attached hydrogens (tertiary/aromatic N) is 2. The summed E-state index contributed by atoms with van der Waals surface area (Å²) in [5.41, 5.74) is 9.76. The molecule has 0 aromatic carbocycles. The van der Waals surface area contributed by atoms with Crippen LogP contribution in [-0.2, 0) is 19.4 Å². The Balaban J connectivity index is 1.91. The first kappa shape index (κ1) is 13.8. The molecule has 1 aliphatic heterocycles. The zero-order valence-electron chi connectivity index (χ0n) is 12.3. The van der Waals surface area contributed by atoms with Crippen LogP contribution in [0.5, 0.6) is 0 Å². The van der Waals surface area contributed by atoms with Gasteiger partial charge in [-0.3, -0.25) is 0 Å². The molecule has 1 aromatic heterocycles. The zero-order valence-corrected chi connectivity index (χ0v) is 12.3. The minimum absolute atomic E-state index is 0.176. The van der Waals surface area contributed by atoms with Crippen LogP contribution < -0.4 is 10.6 Å². The van der Waals surface area contributed by atoms with E-state index in [1.165, 1.54) is 24.1 Å². The van der Waals surface area contributed by atoms with E-state index >= 15 is 0 Å². The van der Waals surface area contributed by atoms with Crippen molar-refractivity contribution in [3.8, 4) is 0 Å². The van der Waals surface area contributed by atoms with Crippen LogP contribution in [0.1, 0.15) is 43.0 Å². The summed E-state index contributed by atoms with van der Waals surface area (Å²) in [5.74, 6) is 1.36. The van der Waals surface area contributed by atoms with Crippen molar-refractivity contribution >= 4 is 5.82 Å². The van der Waals surface area contributed by atoms with Gasteiger partial charge in [-0.05, 0) is 49.7 Å². The first-order valence-electron chi connectivity index (χ1n) is 7.83. The second-order valence-corrected chi connectivity index (χ2v) is 6.27. The van der Waals surface area contributed by atoms with Crippen LogP contribution in [0.25, 0.3) is 0 Å². The van der Waals surface area contributed by atoms with Crippen LogP contribution in [0, 0.1) is 5.92 Å². The van der Waals surface area contributed by atoms with Crippen LogP contribution in [0.15, 0.2) is 6.07 Å². The number of anilines is 1. The van der Waals surface area contributed by atoms with Crippen LogP contribution in [0.4, 0.5) is 5.82 Å². The molecular formula is C16H25N3O. The van der Waals surface area contributed by atoms with Crippen LogP contribution in [-0.4, -0.2) is 29.3 Å². The first-order valence-corrected chi connectivity index (χ1v) is 7.83. The molecule has 2 aliphatic rings. The third-order valence-electron chi connectivity index (χ3n) is 4.74. The van der Waals surface area contributed by atoms with Crippen molar-refractivity contribution in [2.24, 2.45) is 11.7 Å². The van der Waals surface area contributed by atoms with Gasteiger partial charge in [-0.1, -0.05) is 6.92 Å². The van der Waals surface area contributed by atoms with Gasteiger partial charge in [-0.2, -0.15) is 0 Å². The van der Waals surface area contributed by atoms with Gasteiger partial charge >= 0.3 is 0 Å². The molecule has 2 atom stereocenters. The molecule has 2 heterocycles. The van der Waals surface area contributed by atoms with E-state index < -0.39 is 0 Å². The quantitative estimate of drug-likeness (QED) is 0.861. The molecular weight excluding hydrogens is 250 g/mol. The summed E-state index contributed by atoms with van der Waals surface area (Å²) in [7, 11) is 0. The van der Waals surface area contributed by atoms with E-state index in [-0.39, 0.29) is 6.10 Å². The molecule has 1 aromatic rings. The lowest BCUT2D eigenvalue weighted by Crippen LogP contribution is -2.43. The second kappa shape index (κ2) is 5.70. The lowest BCUT2D eigenvalue weighted by atomic mass is 9.93. The van der Waals surface area contributed by atoms with Crippen LogP contribution in [0.3, 0.4) is 0 Å². The smallest absolute Gasteiger partial charge is 0.133 e. The minimum Gasteiger partial charge on any atom is -0.393 e. The molecule has 0 saturated carbocycles. The average molecular weight is 275 g/mol. The fraction of sp³-hybridized carbons (Fsp3) is 0.688. The van der Waals surface area contributed by atoms with Gasteiger partial charge in [0.2, 0.25) is 0 Å². The summed E-state index contributed by atoms with van der Waals surface area (Å²) < 4.78 is 0. The van der Waals surface area contributed by atoms with Gasteiger partial charge in [0.1, 0.15) is 5.82 Å². The highest BCUT2D eigenvalue weighted by Gasteiger charge is 2.27. The topological polar surface area (TPSA) is 62.4 Å². The molecule has 3 rings (SSSR count). The lowest BCUT2D eigenvalue weighted by Gasteiger charge is -2.36. The molecule has 1 fully saturated rings. The summed E-state index contributed by atoms with van der Waals surface area (Å²) in [5, 5.41) is 9.89. The monoisotopic (exact) mass is 275 g/mol. The molecule has 4 nitrogen and oxygen atoms in total. The van der Waals surface area contributed by atoms with Gasteiger partial charge in [0.25, 0.3) is 0 Å². The van der Waals surface area contributed by atoms with Crippen molar-refractivity contribution in [1.82, 2.24) is 4.98 Å². The normalized spacial score (nSPS) is 26.4. The molecule has 1 aliphatic carbocycles. The number of rotatable bonds is 2. The van der Waals surface area contributed by atoms with Crippen molar-refractivity contribution in [3.05, 3.63) is 22.9 Å². The number of aryl methyl sites for hydroxylation is 2. The maximum Gasteiger partial charge on any atom is 0.133 e. The fourth-order valence-electron chi connectivity index (χ4n) is 3.42. The number of hydrogen-bond donors (Lipinski definition) is 2. The molecule has 20 heavy (non-hydrogen) atoms. The Morgan fingerprint density at radius 1 is 1.40 bits per heavy atom. The molecule has 1 saturated heterocycles. The van der Waals surface area contributed by atoms with Crippen LogP contribution >= 0.6 is 0 Å². The molecule has 0 amide bonds. The van der Waals surface area contributed by atoms with Gasteiger partial charge in [-0.15, -0.1) is 0 Å². The lowest BCUT2D eigenvalue weighted by molar-refractivity contribution is 0.0968. The molecule has 0 bridgehead atoms. The summed E-state index contributed by atoms with van der Waals surface area (Å²) >= 11 is 0. The third-order valence-corrected chi connectivity index (χ3v) is 4.74. The van der Waals surface area contributed by atoms with Gasteiger partial charge < -0.3 is 15.7 Å². The van der Waals surface area contributed by atoms with Crippen molar-refractivity contribution < 1.29 is 5.11 Å². The molecule has 2 unspecified atom stereocenters. The van der Waals surface area contributed by atoms with E-state index in [0.717, 1.165) is 43.7 Å². The molecule has 3 N–H and O–H groups in total. The Morgan fingerprint density at radius 3 is 2.95 bits per heavy atom. The van der Waals surface area contributed by atoms with E-state index in [1.807, 2.05) is 0 Å². The van der Waals surface area contributed by atoms with Crippen molar-refractivity contribution in [1.29, 1.82) is 0 Å². The van der Waals surface area contributed by atoms with Crippen molar-refractivity contribution in [2.75, 3.05) is 18.0 Å². The van der Waals surface area contributed by atoms with Crippen LogP contribution in [0.2, 0.25) is 0 Å². The molecule has 110 valence electrons. The van der Waals surface area contributed by atoms with Crippen molar-refractivity contribution in [2.45, 2.75) is 51.7 Å². The third kappa shape index (κ3) is 2.54. The highest BCUT2D eigenvalue weighted by Crippen LogP contribution is 2.29. The SMILES string of the molecule is CC1CN(c2nc3c(cc2CN)CCCC3)CCC1O. The highest BCUT2D eigenvalue weighted by atomic mass is 16.3. The number of piperidine rings is 1. The fourth-order valence-corrected chi connectivity index (χ4v) is 3.42. The van der Waals surface area contributed by atoms with E-state index in [4.69, 9.17) is 10.7 Å². The largest absolute Gasteiger partial charge is 0.393 e. The molecule has 0 radical (unpaired) electrons. The number of aliphatic hydroxyl groups is 1. The number of nitrogens with two attached hydrogens (primary N) is 1. The van der Waals surface area contributed by atoms with E-state index in [0.29, 0.717) is 12.5 Å². The van der Waals surface area contributed by atoms with Gasteiger partial charge in [-0.25, -0.2) is 4.98 Å². The summed E-state index contributed by atoms with van der Waals surface area (Å²) in [6.45, 7) is 4.41. The van der Waals surface area contributed by atoms with E-state index in [1.54, 1.807) is 0 Å². The minimum atomic E-state index is -0.176.